The summed E-state index contributed by atoms with van der Waals surface area (Å²) in [6.45, 7) is 3.97. The van der Waals surface area contributed by atoms with Crippen molar-refractivity contribution in [1.82, 2.24) is 5.32 Å². The van der Waals surface area contributed by atoms with Crippen LogP contribution in [0.25, 0.3) is 6.08 Å². The Morgan fingerprint density at radius 1 is 0.868 bits per heavy atom. The zero-order valence-electron chi connectivity index (χ0n) is 30.4. The first-order chi connectivity index (χ1) is 25.8. The third kappa shape index (κ3) is 10.1. The first kappa shape index (κ1) is 39.1. The predicted molar refractivity (Wildman–Crippen MR) is 211 cm³/mol. The van der Waals surface area contributed by atoms with Crippen LogP contribution >= 0.6 is 23.1 Å². The van der Waals surface area contributed by atoms with Crippen molar-refractivity contribution in [3.05, 3.63) is 106 Å². The number of para-hydroxylation sites is 1. The number of methoxy groups -OCH3 is 2. The molecular weight excluding hydrogens is 711 g/mol. The average molecular weight is 756 g/mol. The Bertz CT molecular complexity index is 1960. The second-order valence-electron chi connectivity index (χ2n) is 12.3. The summed E-state index contributed by atoms with van der Waals surface area (Å²) in [5, 5.41) is 8.79. The van der Waals surface area contributed by atoms with E-state index in [1.54, 1.807) is 73.7 Å². The quantitative estimate of drug-likeness (QED) is 0.0663. The largest absolute Gasteiger partial charge is 0.493 e. The molecule has 1 unspecified atom stereocenters. The van der Waals surface area contributed by atoms with Gasteiger partial charge in [0.15, 0.2) is 11.5 Å². The minimum absolute atomic E-state index is 0.0169. The molecule has 3 amide bonds. The molecule has 0 saturated heterocycles. The first-order valence-electron chi connectivity index (χ1n) is 17.8. The standard InChI is InChI=1S/C41H45N3O7S2/c1-5-33(39(47)44-40-35(41(48)51-6-2)30-21-12-7-8-13-23-34(30)53-40)52-29-20-15-19-28(25-29)42-38(46)31(43-37(45)26-16-10-9-11-17-26)24-27-18-14-22-32(49-3)36(27)50-4/h9-11,14-20,22,24-25,33H,5-8,12-13,21,23H2,1-4H3,(H,42,46)(H,43,45)(H,44,47)/b31-24+. The maximum absolute atomic E-state index is 13.8. The molecule has 3 aromatic carbocycles. The highest BCUT2D eigenvalue weighted by molar-refractivity contribution is 8.00. The summed E-state index contributed by atoms with van der Waals surface area (Å²) in [4.78, 5) is 55.8. The van der Waals surface area contributed by atoms with Crippen molar-refractivity contribution < 1.29 is 33.4 Å². The van der Waals surface area contributed by atoms with Crippen LogP contribution in [0.1, 0.15) is 82.7 Å². The van der Waals surface area contributed by atoms with Crippen LogP contribution < -0.4 is 25.4 Å². The number of rotatable bonds is 14. The Balaban J connectivity index is 1.36. The van der Waals surface area contributed by atoms with E-state index in [9.17, 15) is 19.2 Å². The van der Waals surface area contributed by atoms with E-state index in [0.29, 0.717) is 45.3 Å². The van der Waals surface area contributed by atoms with E-state index in [0.717, 1.165) is 53.9 Å². The van der Waals surface area contributed by atoms with Crippen molar-refractivity contribution in [2.45, 2.75) is 68.9 Å². The molecule has 12 heteroatoms. The van der Waals surface area contributed by atoms with Crippen LogP contribution in [0.3, 0.4) is 0 Å². The Morgan fingerprint density at radius 2 is 1.62 bits per heavy atom. The summed E-state index contributed by atoms with van der Waals surface area (Å²) in [6.07, 6.45) is 8.04. The highest BCUT2D eigenvalue weighted by Gasteiger charge is 2.28. The SMILES string of the molecule is CCOC(=O)c1c(NC(=O)C(CC)Sc2cccc(NC(=O)/C(=C\c3cccc(OC)c3OC)NC(=O)c3ccccc3)c2)sc2c1CCCCCC2. The van der Waals surface area contributed by atoms with Gasteiger partial charge in [-0.3, -0.25) is 14.4 Å². The Hall–Kier alpha value is -5.07. The van der Waals surface area contributed by atoms with E-state index in [2.05, 4.69) is 16.0 Å². The zero-order chi connectivity index (χ0) is 37.7. The van der Waals surface area contributed by atoms with Crippen molar-refractivity contribution in [3.63, 3.8) is 0 Å². The van der Waals surface area contributed by atoms with Gasteiger partial charge in [0.25, 0.3) is 11.8 Å². The average Bonchev–Trinajstić information content (AvgIpc) is 3.48. The summed E-state index contributed by atoms with van der Waals surface area (Å²) < 4.78 is 16.4. The number of carbonyl (C=O) groups is 4. The molecule has 3 N–H and O–H groups in total. The monoisotopic (exact) mass is 755 g/mol. The lowest BCUT2D eigenvalue weighted by atomic mass is 9.96. The lowest BCUT2D eigenvalue weighted by molar-refractivity contribution is -0.116. The van der Waals surface area contributed by atoms with Crippen molar-refractivity contribution in [2.75, 3.05) is 31.5 Å². The van der Waals surface area contributed by atoms with Crippen LogP contribution in [0.2, 0.25) is 0 Å². The number of hydrogen-bond donors (Lipinski definition) is 3. The number of fused-ring (bicyclic) bond motifs is 1. The molecule has 10 nitrogen and oxygen atoms in total. The van der Waals surface area contributed by atoms with Gasteiger partial charge in [0, 0.05) is 26.6 Å². The maximum Gasteiger partial charge on any atom is 0.341 e. The number of amides is 3. The first-order valence-corrected chi connectivity index (χ1v) is 19.4. The number of thiophene rings is 1. The number of nitrogens with one attached hydrogen (secondary N) is 3. The summed E-state index contributed by atoms with van der Waals surface area (Å²) in [5.41, 5.74) is 2.85. The number of benzene rings is 3. The number of anilines is 2. The molecule has 0 fully saturated rings. The molecule has 0 saturated carbocycles. The third-order valence-corrected chi connectivity index (χ3v) is 11.2. The van der Waals surface area contributed by atoms with E-state index in [1.807, 2.05) is 13.0 Å². The fourth-order valence-corrected chi connectivity index (χ4v) is 8.37. The topological polar surface area (TPSA) is 132 Å². The summed E-state index contributed by atoms with van der Waals surface area (Å²) >= 11 is 2.84. The number of ether oxygens (including phenoxy) is 3. The van der Waals surface area contributed by atoms with E-state index in [-0.39, 0.29) is 18.2 Å². The van der Waals surface area contributed by atoms with E-state index >= 15 is 0 Å². The molecule has 0 bridgehead atoms. The highest BCUT2D eigenvalue weighted by Crippen LogP contribution is 2.39. The van der Waals surface area contributed by atoms with Crippen LogP contribution in [0, 0.1) is 0 Å². The van der Waals surface area contributed by atoms with Gasteiger partial charge in [-0.05, 0) is 87.1 Å². The summed E-state index contributed by atoms with van der Waals surface area (Å²) in [7, 11) is 3.02. The van der Waals surface area contributed by atoms with Gasteiger partial charge in [0.2, 0.25) is 5.91 Å². The molecule has 1 aliphatic rings. The molecule has 1 aliphatic carbocycles. The molecule has 4 aromatic rings. The summed E-state index contributed by atoms with van der Waals surface area (Å²) in [5.74, 6) is -0.767. The molecule has 5 rings (SSSR count). The normalized spacial score (nSPS) is 13.4. The molecule has 1 heterocycles. The molecular formula is C41H45N3O7S2. The summed E-state index contributed by atoms with van der Waals surface area (Å²) in [6, 6.07) is 21.0. The fourth-order valence-electron chi connectivity index (χ4n) is 6.07. The van der Waals surface area contributed by atoms with Gasteiger partial charge < -0.3 is 30.2 Å². The minimum atomic E-state index is -0.564. The van der Waals surface area contributed by atoms with Gasteiger partial charge in [0.1, 0.15) is 10.7 Å². The number of carbonyl (C=O) groups excluding carboxylic acids is 4. The Labute approximate surface area is 318 Å². The van der Waals surface area contributed by atoms with Crippen molar-refractivity contribution in [3.8, 4) is 11.5 Å². The number of hydrogen-bond acceptors (Lipinski definition) is 9. The Morgan fingerprint density at radius 3 is 2.34 bits per heavy atom. The molecule has 0 radical (unpaired) electrons. The van der Waals surface area contributed by atoms with Crippen molar-refractivity contribution in [1.29, 1.82) is 0 Å². The molecule has 53 heavy (non-hydrogen) atoms. The fraction of sp³-hybridized carbons (Fsp3) is 0.317. The van der Waals surface area contributed by atoms with E-state index in [1.165, 1.54) is 43.4 Å². The van der Waals surface area contributed by atoms with Crippen LogP contribution in [0.4, 0.5) is 10.7 Å². The van der Waals surface area contributed by atoms with Crippen molar-refractivity contribution in [2.24, 2.45) is 0 Å². The number of esters is 1. The highest BCUT2D eigenvalue weighted by atomic mass is 32.2. The Kier molecular flexibility index (Phi) is 14.1. The van der Waals surface area contributed by atoms with Gasteiger partial charge in [0.05, 0.1) is 31.6 Å². The second-order valence-corrected chi connectivity index (χ2v) is 14.7. The maximum atomic E-state index is 13.8. The molecule has 278 valence electrons. The number of thioether (sulfide) groups is 1. The number of aryl methyl sites for hydroxylation is 1. The van der Waals surface area contributed by atoms with Crippen molar-refractivity contribution >= 4 is 63.6 Å². The third-order valence-electron chi connectivity index (χ3n) is 8.68. The van der Waals surface area contributed by atoms with Crippen LogP contribution in [-0.2, 0) is 27.2 Å². The van der Waals surface area contributed by atoms with Gasteiger partial charge >= 0.3 is 5.97 Å². The minimum Gasteiger partial charge on any atom is -0.493 e. The van der Waals surface area contributed by atoms with Gasteiger partial charge in [-0.25, -0.2) is 4.79 Å². The zero-order valence-corrected chi connectivity index (χ0v) is 32.0. The second kappa shape index (κ2) is 19.1. The van der Waals surface area contributed by atoms with Crippen LogP contribution in [-0.4, -0.2) is 49.8 Å². The lowest BCUT2D eigenvalue weighted by Gasteiger charge is -2.16. The lowest BCUT2D eigenvalue weighted by Crippen LogP contribution is -2.30. The predicted octanol–water partition coefficient (Wildman–Crippen LogP) is 8.52. The van der Waals surface area contributed by atoms with Crippen LogP contribution in [0.15, 0.2) is 83.4 Å². The van der Waals surface area contributed by atoms with Gasteiger partial charge in [-0.2, -0.15) is 0 Å². The molecule has 1 atom stereocenters. The molecule has 0 spiro atoms. The van der Waals surface area contributed by atoms with E-state index in [4.69, 9.17) is 14.2 Å². The molecule has 0 aliphatic heterocycles. The smallest absolute Gasteiger partial charge is 0.341 e. The van der Waals surface area contributed by atoms with Crippen LogP contribution in [0.5, 0.6) is 11.5 Å². The van der Waals surface area contributed by atoms with E-state index < -0.39 is 23.0 Å². The molecule has 1 aromatic heterocycles. The van der Waals surface area contributed by atoms with Gasteiger partial charge in [-0.15, -0.1) is 23.1 Å². The van der Waals surface area contributed by atoms with Gasteiger partial charge in [-0.1, -0.05) is 56.2 Å².